The van der Waals surface area contributed by atoms with E-state index in [4.69, 9.17) is 23.7 Å². The SMILES string of the molecule is CCOc1cc(/C=C2\N=C(c3ccc([N+](=O)[O-])cc3)OC2=O)ccc1OC(=O)c1ccc2c(c1)OCO2. The molecule has 0 amide bonds. The highest BCUT2D eigenvalue weighted by Crippen LogP contribution is 2.34. The molecule has 0 bridgehead atoms. The van der Waals surface area contributed by atoms with E-state index in [2.05, 4.69) is 4.99 Å². The average molecular weight is 502 g/mol. The van der Waals surface area contributed by atoms with Crippen molar-refractivity contribution in [1.82, 2.24) is 0 Å². The van der Waals surface area contributed by atoms with Crippen LogP contribution in [0.4, 0.5) is 5.69 Å². The molecule has 11 heteroatoms. The third-order valence-corrected chi connectivity index (χ3v) is 5.33. The Morgan fingerprint density at radius 3 is 2.59 bits per heavy atom. The summed E-state index contributed by atoms with van der Waals surface area (Å²) in [6.07, 6.45) is 1.49. The van der Waals surface area contributed by atoms with E-state index in [0.29, 0.717) is 29.2 Å². The highest BCUT2D eigenvalue weighted by Gasteiger charge is 2.25. The molecule has 0 unspecified atom stereocenters. The molecule has 0 fully saturated rings. The molecule has 3 aromatic carbocycles. The lowest BCUT2D eigenvalue weighted by molar-refractivity contribution is -0.384. The van der Waals surface area contributed by atoms with Crippen molar-refractivity contribution in [1.29, 1.82) is 0 Å². The fourth-order valence-electron chi connectivity index (χ4n) is 3.57. The normalized spacial score (nSPS) is 14.8. The molecule has 3 aromatic rings. The first kappa shape index (κ1) is 23.5. The van der Waals surface area contributed by atoms with Gasteiger partial charge in [-0.3, -0.25) is 10.1 Å². The first-order chi connectivity index (χ1) is 17.9. The standard InChI is InChI=1S/C26H18N2O9/c1-2-33-22-12-15(3-9-21(22)36-25(29)17-6-10-20-23(13-17)35-14-34-20)11-19-26(30)37-24(27-19)16-4-7-18(8-5-16)28(31)32/h3-13H,2,14H2,1H3/b19-11-. The number of hydrogen-bond acceptors (Lipinski definition) is 10. The number of hydrogen-bond donors (Lipinski definition) is 0. The minimum Gasteiger partial charge on any atom is -0.490 e. The quantitative estimate of drug-likeness (QED) is 0.152. The summed E-state index contributed by atoms with van der Waals surface area (Å²) in [7, 11) is 0. The van der Waals surface area contributed by atoms with E-state index in [1.807, 2.05) is 0 Å². The second-order valence-corrected chi connectivity index (χ2v) is 7.74. The molecule has 11 nitrogen and oxygen atoms in total. The first-order valence-corrected chi connectivity index (χ1v) is 11.1. The Kier molecular flexibility index (Phi) is 6.25. The molecule has 0 saturated carbocycles. The van der Waals surface area contributed by atoms with E-state index in [1.165, 1.54) is 36.4 Å². The average Bonchev–Trinajstić information content (AvgIpc) is 3.51. The molecule has 37 heavy (non-hydrogen) atoms. The van der Waals surface area contributed by atoms with Crippen LogP contribution in [0.3, 0.4) is 0 Å². The van der Waals surface area contributed by atoms with Crippen molar-refractivity contribution in [2.75, 3.05) is 13.4 Å². The molecule has 2 heterocycles. The van der Waals surface area contributed by atoms with Crippen LogP contribution in [-0.4, -0.2) is 36.2 Å². The number of esters is 2. The molecule has 0 N–H and O–H groups in total. The summed E-state index contributed by atoms with van der Waals surface area (Å²) in [6, 6.07) is 15.0. The maximum Gasteiger partial charge on any atom is 0.363 e. The summed E-state index contributed by atoms with van der Waals surface area (Å²) < 4.78 is 27.0. The zero-order valence-electron chi connectivity index (χ0n) is 19.3. The zero-order valence-corrected chi connectivity index (χ0v) is 19.3. The van der Waals surface area contributed by atoms with Crippen LogP contribution in [0.2, 0.25) is 0 Å². The Morgan fingerprint density at radius 2 is 1.84 bits per heavy atom. The Morgan fingerprint density at radius 1 is 1.05 bits per heavy atom. The van der Waals surface area contributed by atoms with Crippen molar-refractivity contribution in [3.05, 3.63) is 93.2 Å². The molecule has 0 atom stereocenters. The van der Waals surface area contributed by atoms with E-state index in [9.17, 15) is 19.7 Å². The van der Waals surface area contributed by atoms with Crippen LogP contribution in [0, 0.1) is 10.1 Å². The molecule has 5 rings (SSSR count). The van der Waals surface area contributed by atoms with Gasteiger partial charge in [0.05, 0.1) is 17.1 Å². The molecule has 2 aliphatic rings. The van der Waals surface area contributed by atoms with Gasteiger partial charge in [0.1, 0.15) is 0 Å². The number of carbonyl (C=O) groups is 2. The molecule has 0 aliphatic carbocycles. The zero-order chi connectivity index (χ0) is 25.9. The van der Waals surface area contributed by atoms with Gasteiger partial charge in [0, 0.05) is 17.7 Å². The van der Waals surface area contributed by atoms with Gasteiger partial charge < -0.3 is 23.7 Å². The van der Waals surface area contributed by atoms with Crippen molar-refractivity contribution in [3.63, 3.8) is 0 Å². The summed E-state index contributed by atoms with van der Waals surface area (Å²) in [5.74, 6) is 0.233. The molecule has 2 aliphatic heterocycles. The maximum atomic E-state index is 12.7. The largest absolute Gasteiger partial charge is 0.490 e. The summed E-state index contributed by atoms with van der Waals surface area (Å²) in [5, 5.41) is 10.8. The smallest absolute Gasteiger partial charge is 0.363 e. The predicted molar refractivity (Wildman–Crippen MR) is 129 cm³/mol. The lowest BCUT2D eigenvalue weighted by Gasteiger charge is -2.11. The van der Waals surface area contributed by atoms with Crippen LogP contribution in [0.1, 0.15) is 28.4 Å². The molecular weight excluding hydrogens is 484 g/mol. The lowest BCUT2D eigenvalue weighted by atomic mass is 10.1. The van der Waals surface area contributed by atoms with Gasteiger partial charge in [0.15, 0.2) is 28.7 Å². The number of benzene rings is 3. The number of nitrogens with zero attached hydrogens (tertiary/aromatic N) is 2. The van der Waals surface area contributed by atoms with Gasteiger partial charge in [-0.1, -0.05) is 6.07 Å². The van der Waals surface area contributed by atoms with Crippen molar-refractivity contribution in [3.8, 4) is 23.0 Å². The molecule has 186 valence electrons. The number of aliphatic imine (C=N–C) groups is 1. The first-order valence-electron chi connectivity index (χ1n) is 11.1. The van der Waals surface area contributed by atoms with Crippen LogP contribution >= 0.6 is 0 Å². The maximum absolute atomic E-state index is 12.7. The van der Waals surface area contributed by atoms with Gasteiger partial charge in [-0.05, 0) is 61.0 Å². The van der Waals surface area contributed by atoms with Crippen LogP contribution in [-0.2, 0) is 9.53 Å². The number of nitro groups is 1. The minimum absolute atomic E-state index is 0.0286. The number of nitro benzene ring substituents is 1. The van der Waals surface area contributed by atoms with Crippen molar-refractivity contribution < 1.29 is 38.2 Å². The lowest BCUT2D eigenvalue weighted by Crippen LogP contribution is -2.09. The van der Waals surface area contributed by atoms with E-state index < -0.39 is 16.9 Å². The number of ether oxygens (including phenoxy) is 5. The van der Waals surface area contributed by atoms with Crippen LogP contribution in [0.25, 0.3) is 6.08 Å². The third-order valence-electron chi connectivity index (χ3n) is 5.33. The highest BCUT2D eigenvalue weighted by molar-refractivity contribution is 6.12. The van der Waals surface area contributed by atoms with E-state index in [1.54, 1.807) is 37.3 Å². The molecule has 0 aromatic heterocycles. The molecular formula is C26H18N2O9. The van der Waals surface area contributed by atoms with Gasteiger partial charge in [-0.15, -0.1) is 0 Å². The molecule has 0 radical (unpaired) electrons. The van der Waals surface area contributed by atoms with Gasteiger partial charge in [-0.2, -0.15) is 0 Å². The fraction of sp³-hybridized carbons (Fsp3) is 0.115. The number of carbonyl (C=O) groups excluding carboxylic acids is 2. The summed E-state index contributed by atoms with van der Waals surface area (Å²) in [6.45, 7) is 2.18. The van der Waals surface area contributed by atoms with Gasteiger partial charge in [0.2, 0.25) is 12.7 Å². The Bertz CT molecular complexity index is 1480. The van der Waals surface area contributed by atoms with Crippen LogP contribution in [0.15, 0.2) is 71.4 Å². The Hall–Kier alpha value is -5.19. The van der Waals surface area contributed by atoms with Crippen molar-refractivity contribution in [2.24, 2.45) is 4.99 Å². The third kappa shape index (κ3) is 4.96. The van der Waals surface area contributed by atoms with E-state index >= 15 is 0 Å². The van der Waals surface area contributed by atoms with E-state index in [0.717, 1.165) is 0 Å². The summed E-state index contributed by atoms with van der Waals surface area (Å²) in [5.41, 5.74) is 1.18. The van der Waals surface area contributed by atoms with E-state index in [-0.39, 0.29) is 41.1 Å². The van der Waals surface area contributed by atoms with Crippen molar-refractivity contribution >= 4 is 29.6 Å². The predicted octanol–water partition coefficient (Wildman–Crippen LogP) is 4.29. The molecule has 0 saturated heterocycles. The highest BCUT2D eigenvalue weighted by atomic mass is 16.7. The summed E-state index contributed by atoms with van der Waals surface area (Å²) >= 11 is 0. The monoisotopic (exact) mass is 502 g/mol. The molecule has 0 spiro atoms. The summed E-state index contributed by atoms with van der Waals surface area (Å²) in [4.78, 5) is 39.6. The van der Waals surface area contributed by atoms with Gasteiger partial charge >= 0.3 is 11.9 Å². The number of rotatable bonds is 7. The fourth-order valence-corrected chi connectivity index (χ4v) is 3.57. The van der Waals surface area contributed by atoms with Crippen LogP contribution in [0.5, 0.6) is 23.0 Å². The second-order valence-electron chi connectivity index (χ2n) is 7.74. The topological polar surface area (TPSA) is 136 Å². The van der Waals surface area contributed by atoms with Crippen molar-refractivity contribution in [2.45, 2.75) is 6.92 Å². The van der Waals surface area contributed by atoms with Gasteiger partial charge in [-0.25, -0.2) is 14.6 Å². The Labute approximate surface area is 209 Å². The second kappa shape index (κ2) is 9.82. The minimum atomic E-state index is -0.676. The van der Waals surface area contributed by atoms with Crippen LogP contribution < -0.4 is 18.9 Å². The number of fused-ring (bicyclic) bond motifs is 1. The number of cyclic esters (lactones) is 1. The number of non-ortho nitro benzene ring substituents is 1. The Balaban J connectivity index is 1.37. The van der Waals surface area contributed by atoms with Gasteiger partial charge in [0.25, 0.3) is 5.69 Å².